The Morgan fingerprint density at radius 2 is 1.88 bits per heavy atom. The molecule has 1 fully saturated rings. The van der Waals surface area contributed by atoms with Crippen LogP contribution < -0.4 is 15.5 Å². The summed E-state index contributed by atoms with van der Waals surface area (Å²) < 4.78 is 0. The Hall–Kier alpha value is -1.59. The first kappa shape index (κ1) is 10.9. The van der Waals surface area contributed by atoms with Gasteiger partial charge in [0.2, 0.25) is 17.8 Å². The van der Waals surface area contributed by atoms with Crippen LogP contribution in [0.5, 0.6) is 0 Å². The van der Waals surface area contributed by atoms with E-state index in [1.54, 1.807) is 7.05 Å². The van der Waals surface area contributed by atoms with Gasteiger partial charge < -0.3 is 15.5 Å². The SMILES string of the molecule is CNc1nc(NCC2CC2)nc(N(C)C)n1. The summed E-state index contributed by atoms with van der Waals surface area (Å²) >= 11 is 0. The lowest BCUT2D eigenvalue weighted by Gasteiger charge is -2.13. The van der Waals surface area contributed by atoms with Gasteiger partial charge in [-0.1, -0.05) is 0 Å². The van der Waals surface area contributed by atoms with E-state index in [4.69, 9.17) is 0 Å². The summed E-state index contributed by atoms with van der Waals surface area (Å²) in [4.78, 5) is 14.7. The number of nitrogens with zero attached hydrogens (tertiary/aromatic N) is 4. The van der Waals surface area contributed by atoms with E-state index in [-0.39, 0.29) is 0 Å². The zero-order valence-electron chi connectivity index (χ0n) is 9.99. The number of hydrogen-bond donors (Lipinski definition) is 2. The van der Waals surface area contributed by atoms with Crippen molar-refractivity contribution in [1.82, 2.24) is 15.0 Å². The lowest BCUT2D eigenvalue weighted by Crippen LogP contribution is -2.17. The lowest BCUT2D eigenvalue weighted by molar-refractivity contribution is 0.863. The molecule has 1 heterocycles. The molecule has 0 bridgehead atoms. The highest BCUT2D eigenvalue weighted by molar-refractivity contribution is 5.42. The van der Waals surface area contributed by atoms with Crippen molar-refractivity contribution in [3.63, 3.8) is 0 Å². The molecule has 1 aliphatic rings. The molecule has 2 rings (SSSR count). The van der Waals surface area contributed by atoms with Crippen LogP contribution in [0.4, 0.5) is 17.8 Å². The van der Waals surface area contributed by atoms with Crippen molar-refractivity contribution in [2.45, 2.75) is 12.8 Å². The van der Waals surface area contributed by atoms with Gasteiger partial charge in [-0.25, -0.2) is 0 Å². The smallest absolute Gasteiger partial charge is 0.231 e. The summed E-state index contributed by atoms with van der Waals surface area (Å²) in [7, 11) is 5.64. The van der Waals surface area contributed by atoms with Crippen LogP contribution in [-0.2, 0) is 0 Å². The van der Waals surface area contributed by atoms with Crippen molar-refractivity contribution < 1.29 is 0 Å². The zero-order valence-corrected chi connectivity index (χ0v) is 9.99. The van der Waals surface area contributed by atoms with Crippen LogP contribution in [0.1, 0.15) is 12.8 Å². The van der Waals surface area contributed by atoms with Gasteiger partial charge in [0.05, 0.1) is 0 Å². The van der Waals surface area contributed by atoms with Gasteiger partial charge in [0, 0.05) is 27.7 Å². The first-order chi connectivity index (χ1) is 7.69. The second kappa shape index (κ2) is 4.51. The van der Waals surface area contributed by atoms with Gasteiger partial charge in [-0.2, -0.15) is 15.0 Å². The Morgan fingerprint density at radius 1 is 1.19 bits per heavy atom. The maximum absolute atomic E-state index is 4.33. The molecule has 6 heteroatoms. The standard InChI is InChI=1S/C10H18N6/c1-11-8-13-9(12-6-7-4-5-7)15-10(14-8)16(2)3/h7H,4-6H2,1-3H3,(H2,11,12,13,14,15). The molecule has 0 amide bonds. The molecule has 1 aromatic rings. The van der Waals surface area contributed by atoms with Crippen LogP contribution in [0.3, 0.4) is 0 Å². The van der Waals surface area contributed by atoms with Crippen molar-refractivity contribution in [3.05, 3.63) is 0 Å². The molecular weight excluding hydrogens is 204 g/mol. The number of aromatic nitrogens is 3. The molecule has 6 nitrogen and oxygen atoms in total. The molecule has 1 aliphatic carbocycles. The van der Waals surface area contributed by atoms with Gasteiger partial charge in [-0.15, -0.1) is 0 Å². The molecule has 0 saturated heterocycles. The normalized spacial score (nSPS) is 14.7. The first-order valence-electron chi connectivity index (χ1n) is 5.54. The third kappa shape index (κ3) is 2.71. The summed E-state index contributed by atoms with van der Waals surface area (Å²) in [6.45, 7) is 0.958. The quantitative estimate of drug-likeness (QED) is 0.768. The van der Waals surface area contributed by atoms with Crippen molar-refractivity contribution in [3.8, 4) is 0 Å². The highest BCUT2D eigenvalue weighted by Crippen LogP contribution is 2.28. The maximum Gasteiger partial charge on any atom is 0.231 e. The van der Waals surface area contributed by atoms with Crippen molar-refractivity contribution >= 4 is 17.8 Å². The third-order valence-electron chi connectivity index (χ3n) is 2.49. The van der Waals surface area contributed by atoms with Gasteiger partial charge >= 0.3 is 0 Å². The second-order valence-electron chi connectivity index (χ2n) is 4.25. The Morgan fingerprint density at radius 3 is 2.44 bits per heavy atom. The fourth-order valence-corrected chi connectivity index (χ4v) is 1.31. The summed E-state index contributed by atoms with van der Waals surface area (Å²) in [6, 6.07) is 0. The average molecular weight is 222 g/mol. The first-order valence-corrected chi connectivity index (χ1v) is 5.54. The third-order valence-corrected chi connectivity index (χ3v) is 2.49. The van der Waals surface area contributed by atoms with E-state index in [0.717, 1.165) is 12.5 Å². The van der Waals surface area contributed by atoms with Crippen molar-refractivity contribution in [1.29, 1.82) is 0 Å². The van der Waals surface area contributed by atoms with Gasteiger partial charge in [-0.05, 0) is 18.8 Å². The van der Waals surface area contributed by atoms with E-state index in [2.05, 4.69) is 25.6 Å². The zero-order chi connectivity index (χ0) is 11.5. The van der Waals surface area contributed by atoms with E-state index >= 15 is 0 Å². The molecule has 0 atom stereocenters. The van der Waals surface area contributed by atoms with Crippen LogP contribution in [-0.4, -0.2) is 42.6 Å². The minimum atomic E-state index is 0.594. The molecule has 2 N–H and O–H groups in total. The second-order valence-corrected chi connectivity index (χ2v) is 4.25. The average Bonchev–Trinajstić information content (AvgIpc) is 3.09. The van der Waals surface area contributed by atoms with Gasteiger partial charge in [0.25, 0.3) is 0 Å². The van der Waals surface area contributed by atoms with E-state index < -0.39 is 0 Å². The van der Waals surface area contributed by atoms with E-state index in [0.29, 0.717) is 17.8 Å². The van der Waals surface area contributed by atoms with Crippen LogP contribution in [0.15, 0.2) is 0 Å². The molecule has 0 radical (unpaired) electrons. The number of hydrogen-bond acceptors (Lipinski definition) is 6. The molecule has 0 unspecified atom stereocenters. The summed E-state index contributed by atoms with van der Waals surface area (Å²) in [5, 5.41) is 6.18. The lowest BCUT2D eigenvalue weighted by atomic mass is 10.4. The molecule has 0 spiro atoms. The minimum Gasteiger partial charge on any atom is -0.357 e. The van der Waals surface area contributed by atoms with Crippen molar-refractivity contribution in [2.75, 3.05) is 43.2 Å². The monoisotopic (exact) mass is 222 g/mol. The highest BCUT2D eigenvalue weighted by Gasteiger charge is 2.21. The predicted octanol–water partition coefficient (Wildman–Crippen LogP) is 0.801. The summed E-state index contributed by atoms with van der Waals surface area (Å²) in [6.07, 6.45) is 2.63. The van der Waals surface area contributed by atoms with E-state index in [1.807, 2.05) is 19.0 Å². The Kier molecular flexibility index (Phi) is 3.07. The van der Waals surface area contributed by atoms with E-state index in [9.17, 15) is 0 Å². The van der Waals surface area contributed by atoms with Crippen LogP contribution >= 0.6 is 0 Å². The topological polar surface area (TPSA) is 66.0 Å². The molecule has 1 aromatic heterocycles. The Balaban J connectivity index is 2.11. The fourth-order valence-electron chi connectivity index (χ4n) is 1.31. The van der Waals surface area contributed by atoms with Gasteiger partial charge in [0.15, 0.2) is 0 Å². The van der Waals surface area contributed by atoms with Gasteiger partial charge in [-0.3, -0.25) is 0 Å². The van der Waals surface area contributed by atoms with E-state index in [1.165, 1.54) is 12.8 Å². The summed E-state index contributed by atoms with van der Waals surface area (Å²) in [5.74, 6) is 2.71. The van der Waals surface area contributed by atoms with Gasteiger partial charge in [0.1, 0.15) is 0 Å². The summed E-state index contributed by atoms with van der Waals surface area (Å²) in [5.41, 5.74) is 0. The maximum atomic E-state index is 4.33. The largest absolute Gasteiger partial charge is 0.357 e. The number of anilines is 3. The minimum absolute atomic E-state index is 0.594. The molecule has 1 saturated carbocycles. The van der Waals surface area contributed by atoms with Crippen molar-refractivity contribution in [2.24, 2.45) is 5.92 Å². The Bertz CT molecular complexity index is 360. The van der Waals surface area contributed by atoms with Crippen LogP contribution in [0.2, 0.25) is 0 Å². The molecule has 16 heavy (non-hydrogen) atoms. The Labute approximate surface area is 95.5 Å². The number of nitrogens with one attached hydrogen (secondary N) is 2. The predicted molar refractivity (Wildman–Crippen MR) is 64.9 cm³/mol. The number of rotatable bonds is 5. The molecule has 0 aromatic carbocycles. The highest BCUT2D eigenvalue weighted by atomic mass is 15.3. The van der Waals surface area contributed by atoms with Crippen LogP contribution in [0.25, 0.3) is 0 Å². The fraction of sp³-hybridized carbons (Fsp3) is 0.700. The molecular formula is C10H18N6. The molecule has 88 valence electrons. The van der Waals surface area contributed by atoms with Crippen LogP contribution in [0, 0.1) is 5.92 Å². The molecule has 0 aliphatic heterocycles.